The molecule has 0 bridgehead atoms. The highest BCUT2D eigenvalue weighted by atomic mass is 19.4. The molecule has 0 radical (unpaired) electrons. The van der Waals surface area contributed by atoms with Crippen LogP contribution in [0.3, 0.4) is 0 Å². The van der Waals surface area contributed by atoms with Crippen molar-refractivity contribution in [2.24, 2.45) is 0 Å². The fraction of sp³-hybridized carbons (Fsp3) is 1.00. The second-order valence-electron chi connectivity index (χ2n) is 6.15. The van der Waals surface area contributed by atoms with Gasteiger partial charge in [0.2, 0.25) is 0 Å². The number of hydrogen-bond acceptors (Lipinski definition) is 2. The first-order valence-corrected chi connectivity index (χ1v) is 6.84. The summed E-state index contributed by atoms with van der Waals surface area (Å²) in [6.45, 7) is 0. The van der Waals surface area contributed by atoms with Gasteiger partial charge in [0.25, 0.3) is 12.3 Å². The van der Waals surface area contributed by atoms with Crippen molar-refractivity contribution in [1.29, 1.82) is 0 Å². The van der Waals surface area contributed by atoms with Gasteiger partial charge in [-0.05, 0) is 19.3 Å². The van der Waals surface area contributed by atoms with Crippen LogP contribution in [0.15, 0.2) is 0 Å². The van der Waals surface area contributed by atoms with Gasteiger partial charge in [-0.1, -0.05) is 0 Å². The van der Waals surface area contributed by atoms with Crippen LogP contribution in [-0.4, -0.2) is 58.0 Å². The lowest BCUT2D eigenvalue weighted by atomic mass is 9.68. The highest BCUT2D eigenvalue weighted by Gasteiger charge is 2.74. The van der Waals surface area contributed by atoms with E-state index < -0.39 is 73.4 Å². The number of halogens is 12. The second-order valence-corrected chi connectivity index (χ2v) is 6.15. The predicted molar refractivity (Wildman–Crippen MR) is 60.2 cm³/mol. The fourth-order valence-electron chi connectivity index (χ4n) is 2.79. The molecule has 0 heterocycles. The van der Waals surface area contributed by atoms with Crippen LogP contribution in [0.5, 0.6) is 0 Å². The first kappa shape index (κ1) is 23.1. The molecule has 26 heavy (non-hydrogen) atoms. The van der Waals surface area contributed by atoms with Crippen LogP contribution in [0.4, 0.5) is 52.7 Å². The van der Waals surface area contributed by atoms with Gasteiger partial charge in [-0.25, -0.2) is 8.78 Å². The summed E-state index contributed by atoms with van der Waals surface area (Å²) in [6.07, 6.45) is -29.1. The summed E-state index contributed by atoms with van der Waals surface area (Å²) in [7, 11) is 0. The van der Waals surface area contributed by atoms with E-state index in [1.165, 1.54) is 0 Å². The number of rotatable bonds is 4. The zero-order chi connectivity index (χ0) is 21.0. The summed E-state index contributed by atoms with van der Waals surface area (Å²) in [5.41, 5.74) is -8.58. The largest absolute Gasteiger partial charge is 0.425 e. The molecular formula is C12H12F12O2. The normalized spacial score (nSPS) is 31.6. The minimum absolute atomic E-state index is 1.15. The van der Waals surface area contributed by atoms with Crippen molar-refractivity contribution in [3.63, 3.8) is 0 Å². The summed E-state index contributed by atoms with van der Waals surface area (Å²) in [4.78, 5) is 0. The molecule has 2 N–H and O–H groups in total. The molecule has 2 nitrogen and oxygen atoms in total. The van der Waals surface area contributed by atoms with E-state index in [1.54, 1.807) is 0 Å². The lowest BCUT2D eigenvalue weighted by Gasteiger charge is -2.49. The predicted octanol–water partition coefficient (Wildman–Crippen LogP) is 4.09. The molecule has 2 unspecified atom stereocenters. The van der Waals surface area contributed by atoms with Crippen LogP contribution in [0.25, 0.3) is 0 Å². The molecule has 1 saturated carbocycles. The molecular weight excluding hydrogens is 404 g/mol. The van der Waals surface area contributed by atoms with E-state index in [9.17, 15) is 62.9 Å². The van der Waals surface area contributed by atoms with E-state index in [2.05, 4.69) is 0 Å². The van der Waals surface area contributed by atoms with Gasteiger partial charge in [-0.2, -0.15) is 43.9 Å². The van der Waals surface area contributed by atoms with Gasteiger partial charge in [0, 0.05) is 6.42 Å². The van der Waals surface area contributed by atoms with Crippen molar-refractivity contribution in [2.75, 3.05) is 0 Å². The Bertz CT molecular complexity index is 471. The average Bonchev–Trinajstić information content (AvgIpc) is 2.43. The van der Waals surface area contributed by atoms with Gasteiger partial charge in [-0.3, -0.25) is 0 Å². The first-order valence-electron chi connectivity index (χ1n) is 6.84. The maximum absolute atomic E-state index is 13.7. The smallest absolute Gasteiger partial charge is 0.383 e. The zero-order valence-corrected chi connectivity index (χ0v) is 12.4. The van der Waals surface area contributed by atoms with Crippen molar-refractivity contribution in [1.82, 2.24) is 0 Å². The van der Waals surface area contributed by atoms with Gasteiger partial charge < -0.3 is 10.2 Å². The molecule has 1 fully saturated rings. The standard InChI is InChI=1S/C12H12F12O2/c13-5(11(19,20)21)9(15,16)7(25)2-1-3-8(26,4-7)10(17,18)6(14)12(22,23)24/h5-6,25-26H,1-4H2/t5?,6?,7-,8+. The third-order valence-corrected chi connectivity index (χ3v) is 4.22. The van der Waals surface area contributed by atoms with Crippen LogP contribution in [0.2, 0.25) is 0 Å². The Kier molecular flexibility index (Phi) is 5.61. The van der Waals surface area contributed by atoms with Gasteiger partial charge in [-0.15, -0.1) is 0 Å². The molecule has 156 valence electrons. The number of hydrogen-bond donors (Lipinski definition) is 2. The Morgan fingerprint density at radius 3 is 1.12 bits per heavy atom. The second kappa shape index (κ2) is 6.31. The van der Waals surface area contributed by atoms with Crippen molar-refractivity contribution in [3.05, 3.63) is 0 Å². The molecule has 0 aromatic carbocycles. The minimum Gasteiger partial charge on any atom is -0.383 e. The van der Waals surface area contributed by atoms with Gasteiger partial charge >= 0.3 is 24.2 Å². The van der Waals surface area contributed by atoms with E-state index >= 15 is 0 Å². The van der Waals surface area contributed by atoms with Crippen LogP contribution in [-0.2, 0) is 0 Å². The minimum atomic E-state index is -6.24. The molecule has 0 saturated heterocycles. The Labute approximate surface area is 137 Å². The Hall–Kier alpha value is -0.920. The SMILES string of the molecule is O[C@]1(C(F)(F)C(F)C(F)(F)F)CCC[C@@](O)(C(F)(F)C(F)C(F)(F)F)C1. The highest BCUT2D eigenvalue weighted by Crippen LogP contribution is 2.55. The third kappa shape index (κ3) is 3.71. The Morgan fingerprint density at radius 2 is 0.885 bits per heavy atom. The number of alkyl halides is 12. The topological polar surface area (TPSA) is 40.5 Å². The summed E-state index contributed by atoms with van der Waals surface area (Å²) in [5.74, 6) is -11.6. The molecule has 0 amide bonds. The summed E-state index contributed by atoms with van der Waals surface area (Å²) in [6, 6.07) is 0. The molecule has 0 aliphatic heterocycles. The quantitative estimate of drug-likeness (QED) is 0.678. The molecule has 1 aliphatic rings. The van der Waals surface area contributed by atoms with E-state index in [0.29, 0.717) is 0 Å². The molecule has 0 aromatic heterocycles. The van der Waals surface area contributed by atoms with Crippen LogP contribution < -0.4 is 0 Å². The molecule has 1 rings (SSSR count). The fourth-order valence-corrected chi connectivity index (χ4v) is 2.79. The summed E-state index contributed by atoms with van der Waals surface area (Å²) >= 11 is 0. The van der Waals surface area contributed by atoms with Gasteiger partial charge in [0.05, 0.1) is 0 Å². The molecule has 1 aliphatic carbocycles. The van der Waals surface area contributed by atoms with E-state index in [1.807, 2.05) is 0 Å². The first-order chi connectivity index (χ1) is 11.2. The summed E-state index contributed by atoms with van der Waals surface area (Å²) in [5, 5.41) is 19.3. The lowest BCUT2D eigenvalue weighted by molar-refractivity contribution is -0.338. The lowest BCUT2D eigenvalue weighted by Crippen LogP contribution is -2.67. The third-order valence-electron chi connectivity index (χ3n) is 4.22. The maximum Gasteiger partial charge on any atom is 0.425 e. The van der Waals surface area contributed by atoms with Crippen molar-refractivity contribution in [3.8, 4) is 0 Å². The Morgan fingerprint density at radius 1 is 0.615 bits per heavy atom. The van der Waals surface area contributed by atoms with Crippen LogP contribution in [0.1, 0.15) is 25.7 Å². The molecule has 0 spiro atoms. The van der Waals surface area contributed by atoms with E-state index in [-0.39, 0.29) is 0 Å². The van der Waals surface area contributed by atoms with Crippen LogP contribution in [0, 0.1) is 0 Å². The maximum atomic E-state index is 13.7. The van der Waals surface area contributed by atoms with E-state index in [0.717, 1.165) is 0 Å². The van der Waals surface area contributed by atoms with Gasteiger partial charge in [0.15, 0.2) is 0 Å². The monoisotopic (exact) mass is 416 g/mol. The van der Waals surface area contributed by atoms with Crippen molar-refractivity contribution >= 4 is 0 Å². The zero-order valence-electron chi connectivity index (χ0n) is 12.4. The number of aliphatic hydroxyl groups is 2. The molecule has 4 atom stereocenters. The van der Waals surface area contributed by atoms with Gasteiger partial charge in [0.1, 0.15) is 11.2 Å². The molecule has 14 heteroatoms. The van der Waals surface area contributed by atoms with E-state index in [4.69, 9.17) is 0 Å². The summed E-state index contributed by atoms with van der Waals surface area (Å²) < 4.78 is 154. The highest BCUT2D eigenvalue weighted by molar-refractivity contribution is 5.12. The molecule has 0 aromatic rings. The van der Waals surface area contributed by atoms with Crippen molar-refractivity contribution in [2.45, 2.75) is 73.4 Å². The Balaban J connectivity index is 3.29. The van der Waals surface area contributed by atoms with Crippen LogP contribution >= 0.6 is 0 Å². The van der Waals surface area contributed by atoms with Crippen molar-refractivity contribution < 1.29 is 62.9 Å². The average molecular weight is 416 g/mol.